The van der Waals surface area contributed by atoms with Crippen LogP contribution in [0.1, 0.15) is 44.9 Å². The zero-order valence-corrected chi connectivity index (χ0v) is 15.9. The van der Waals surface area contributed by atoms with Crippen LogP contribution in [0, 0.1) is 0 Å². The maximum absolute atomic E-state index is 12.2. The Labute approximate surface area is 167 Å². The summed E-state index contributed by atoms with van der Waals surface area (Å²) in [6, 6.07) is 8.60. The van der Waals surface area contributed by atoms with E-state index in [9.17, 15) is 19.2 Å². The maximum atomic E-state index is 12.2. The predicted octanol–water partition coefficient (Wildman–Crippen LogP) is 1.43. The van der Waals surface area contributed by atoms with E-state index in [1.165, 1.54) is 23.5 Å². The second-order valence-corrected chi connectivity index (χ2v) is 6.71. The number of ketones is 1. The van der Waals surface area contributed by atoms with Gasteiger partial charge >= 0.3 is 5.97 Å². The van der Waals surface area contributed by atoms with Gasteiger partial charge in [-0.15, -0.1) is 0 Å². The minimum absolute atomic E-state index is 0.0814. The number of esters is 1. The van der Waals surface area contributed by atoms with Crippen molar-refractivity contribution in [3.8, 4) is 0 Å². The molecule has 0 fully saturated rings. The van der Waals surface area contributed by atoms with Crippen LogP contribution < -0.4 is 10.6 Å². The Morgan fingerprint density at radius 1 is 0.966 bits per heavy atom. The molecule has 29 heavy (non-hydrogen) atoms. The fourth-order valence-electron chi connectivity index (χ4n) is 3.08. The SMILES string of the molecule is O=C(CNC(=O)c1ccco1)NCC(=O)OCC(=O)c1ccc2c(c1)CCCC2. The van der Waals surface area contributed by atoms with Gasteiger partial charge in [0.2, 0.25) is 5.91 Å². The van der Waals surface area contributed by atoms with E-state index in [1.807, 2.05) is 12.1 Å². The van der Waals surface area contributed by atoms with Crippen molar-refractivity contribution in [1.82, 2.24) is 10.6 Å². The molecule has 152 valence electrons. The summed E-state index contributed by atoms with van der Waals surface area (Å²) >= 11 is 0. The molecule has 1 aliphatic carbocycles. The van der Waals surface area contributed by atoms with E-state index in [0.29, 0.717) is 5.56 Å². The number of hydrogen-bond acceptors (Lipinski definition) is 6. The van der Waals surface area contributed by atoms with Crippen LogP contribution in [0.5, 0.6) is 0 Å². The van der Waals surface area contributed by atoms with Crippen molar-refractivity contribution in [3.63, 3.8) is 0 Å². The molecule has 0 saturated carbocycles. The molecular weight excluding hydrogens is 376 g/mol. The molecular formula is C21H22N2O6. The third-order valence-corrected chi connectivity index (χ3v) is 4.62. The zero-order chi connectivity index (χ0) is 20.6. The highest BCUT2D eigenvalue weighted by molar-refractivity contribution is 5.98. The summed E-state index contributed by atoms with van der Waals surface area (Å²) in [5.74, 6) is -2.05. The molecule has 0 atom stereocenters. The van der Waals surface area contributed by atoms with Crippen LogP contribution >= 0.6 is 0 Å². The Morgan fingerprint density at radius 2 is 1.76 bits per heavy atom. The van der Waals surface area contributed by atoms with Crippen LogP contribution in [0.15, 0.2) is 41.0 Å². The van der Waals surface area contributed by atoms with Gasteiger partial charge < -0.3 is 19.8 Å². The summed E-state index contributed by atoms with van der Waals surface area (Å²) < 4.78 is 9.83. The van der Waals surface area contributed by atoms with Gasteiger partial charge in [0, 0.05) is 5.56 Å². The number of amides is 2. The lowest BCUT2D eigenvalue weighted by Crippen LogP contribution is -2.39. The quantitative estimate of drug-likeness (QED) is 0.514. The van der Waals surface area contributed by atoms with Gasteiger partial charge in [0.05, 0.1) is 12.8 Å². The Hall–Kier alpha value is -3.42. The summed E-state index contributed by atoms with van der Waals surface area (Å²) in [6.45, 7) is -1.10. The molecule has 0 radical (unpaired) electrons. The third kappa shape index (κ3) is 5.78. The number of furan rings is 1. The van der Waals surface area contributed by atoms with Crippen LogP contribution in [0.4, 0.5) is 0 Å². The molecule has 1 aromatic heterocycles. The van der Waals surface area contributed by atoms with Gasteiger partial charge in [0.1, 0.15) is 6.54 Å². The van der Waals surface area contributed by atoms with Crippen LogP contribution in [0.3, 0.4) is 0 Å². The third-order valence-electron chi connectivity index (χ3n) is 4.62. The number of carbonyl (C=O) groups excluding carboxylic acids is 4. The zero-order valence-electron chi connectivity index (χ0n) is 15.9. The van der Waals surface area contributed by atoms with Crippen molar-refractivity contribution in [3.05, 3.63) is 59.0 Å². The highest BCUT2D eigenvalue weighted by Gasteiger charge is 2.15. The smallest absolute Gasteiger partial charge is 0.325 e. The summed E-state index contributed by atoms with van der Waals surface area (Å²) in [5.41, 5.74) is 2.96. The Balaban J connectivity index is 1.36. The number of ether oxygens (including phenoxy) is 1. The molecule has 0 unspecified atom stereocenters. The molecule has 0 spiro atoms. The predicted molar refractivity (Wildman–Crippen MR) is 102 cm³/mol. The van der Waals surface area contributed by atoms with Gasteiger partial charge in [0.15, 0.2) is 18.2 Å². The minimum atomic E-state index is -0.734. The van der Waals surface area contributed by atoms with Crippen molar-refractivity contribution in [1.29, 1.82) is 0 Å². The van der Waals surface area contributed by atoms with E-state index in [0.717, 1.165) is 25.7 Å². The summed E-state index contributed by atoms with van der Waals surface area (Å²) in [7, 11) is 0. The first-order valence-corrected chi connectivity index (χ1v) is 9.42. The summed E-state index contributed by atoms with van der Waals surface area (Å²) in [6.07, 6.45) is 5.60. The van der Waals surface area contributed by atoms with E-state index in [4.69, 9.17) is 9.15 Å². The summed E-state index contributed by atoms with van der Waals surface area (Å²) in [4.78, 5) is 47.3. The molecule has 1 heterocycles. The van der Waals surface area contributed by atoms with Crippen LogP contribution in [0.25, 0.3) is 0 Å². The monoisotopic (exact) mass is 398 g/mol. The van der Waals surface area contributed by atoms with Crippen molar-refractivity contribution < 1.29 is 28.3 Å². The number of benzene rings is 1. The molecule has 8 heteroatoms. The van der Waals surface area contributed by atoms with Crippen LogP contribution in [-0.4, -0.2) is 43.3 Å². The topological polar surface area (TPSA) is 115 Å². The number of hydrogen-bond donors (Lipinski definition) is 2. The number of rotatable bonds is 8. The summed E-state index contributed by atoms with van der Waals surface area (Å²) in [5, 5.41) is 4.67. The van der Waals surface area contributed by atoms with Gasteiger partial charge in [0.25, 0.3) is 5.91 Å². The van der Waals surface area contributed by atoms with Gasteiger partial charge in [-0.05, 0) is 55.0 Å². The molecule has 2 aromatic rings. The largest absolute Gasteiger partial charge is 0.459 e. The molecule has 0 aliphatic heterocycles. The van der Waals surface area contributed by atoms with E-state index in [1.54, 1.807) is 12.1 Å². The first-order chi connectivity index (χ1) is 14.0. The van der Waals surface area contributed by atoms with Crippen molar-refractivity contribution >= 4 is 23.6 Å². The highest BCUT2D eigenvalue weighted by Crippen LogP contribution is 2.22. The lowest BCUT2D eigenvalue weighted by atomic mass is 9.90. The standard InChI is InChI=1S/C21H22N2O6/c24-17(16-8-7-14-4-1-2-5-15(14)10-16)13-29-20(26)12-22-19(25)11-23-21(27)18-6-3-9-28-18/h3,6-10H,1-2,4-5,11-13H2,(H,22,25)(H,23,27). The first-order valence-electron chi connectivity index (χ1n) is 9.42. The fourth-order valence-corrected chi connectivity index (χ4v) is 3.08. The van der Waals surface area contributed by atoms with Gasteiger partial charge in [-0.25, -0.2) is 0 Å². The van der Waals surface area contributed by atoms with E-state index in [-0.39, 0.29) is 24.7 Å². The van der Waals surface area contributed by atoms with E-state index in [2.05, 4.69) is 10.6 Å². The molecule has 0 bridgehead atoms. The number of fused-ring (bicyclic) bond motifs is 1. The second-order valence-electron chi connectivity index (χ2n) is 6.71. The average molecular weight is 398 g/mol. The number of Topliss-reactive ketones (excluding diaryl/α,β-unsaturated/α-hetero) is 1. The van der Waals surface area contributed by atoms with Crippen molar-refractivity contribution in [2.75, 3.05) is 19.7 Å². The number of aryl methyl sites for hydroxylation is 2. The van der Waals surface area contributed by atoms with Gasteiger partial charge in [-0.1, -0.05) is 12.1 Å². The molecule has 0 saturated heterocycles. The molecule has 3 rings (SSSR count). The Morgan fingerprint density at radius 3 is 2.52 bits per heavy atom. The van der Waals surface area contributed by atoms with Crippen LogP contribution in [0.2, 0.25) is 0 Å². The Bertz CT molecular complexity index is 904. The molecule has 1 aliphatic rings. The molecule has 2 amide bonds. The number of carbonyl (C=O) groups is 4. The first kappa shape index (κ1) is 20.3. The van der Waals surface area contributed by atoms with E-state index < -0.39 is 24.3 Å². The molecule has 1 aromatic carbocycles. The average Bonchev–Trinajstić information content (AvgIpc) is 3.29. The molecule has 8 nitrogen and oxygen atoms in total. The van der Waals surface area contributed by atoms with Gasteiger partial charge in [-0.2, -0.15) is 0 Å². The van der Waals surface area contributed by atoms with Crippen LogP contribution in [-0.2, 0) is 27.2 Å². The lowest BCUT2D eigenvalue weighted by Gasteiger charge is -2.16. The van der Waals surface area contributed by atoms with Crippen molar-refractivity contribution in [2.45, 2.75) is 25.7 Å². The maximum Gasteiger partial charge on any atom is 0.325 e. The number of nitrogens with one attached hydrogen (secondary N) is 2. The molecule has 2 N–H and O–H groups in total. The van der Waals surface area contributed by atoms with Crippen molar-refractivity contribution in [2.24, 2.45) is 0 Å². The fraction of sp³-hybridized carbons (Fsp3) is 0.333. The lowest BCUT2D eigenvalue weighted by molar-refractivity contribution is -0.142. The Kier molecular flexibility index (Phi) is 6.78. The van der Waals surface area contributed by atoms with E-state index >= 15 is 0 Å². The minimum Gasteiger partial charge on any atom is -0.459 e. The second kappa shape index (κ2) is 9.68. The highest BCUT2D eigenvalue weighted by atomic mass is 16.5. The van der Waals surface area contributed by atoms with Gasteiger partial charge in [-0.3, -0.25) is 19.2 Å². The normalized spacial score (nSPS) is 12.6.